The van der Waals surface area contributed by atoms with E-state index in [1.807, 2.05) is 0 Å². The van der Waals surface area contributed by atoms with Crippen molar-refractivity contribution in [3.05, 3.63) is 59.2 Å². The predicted octanol–water partition coefficient (Wildman–Crippen LogP) is 3.85. The van der Waals surface area contributed by atoms with Gasteiger partial charge in [0.15, 0.2) is 6.54 Å². The fraction of sp³-hybridized carbons (Fsp3) is 0.444. The molecule has 2 aliphatic heterocycles. The van der Waals surface area contributed by atoms with Crippen LogP contribution in [0.3, 0.4) is 0 Å². The SMILES string of the molecule is Nc1ccc([N+]2(CC(=O)O)CCN(CCCCCCN3C(=O)c4ccccc4C3=O)CC2)cc1C(F)(F)F. The molecule has 204 valence electrons. The highest BCUT2D eigenvalue weighted by molar-refractivity contribution is 6.21. The second-order valence-corrected chi connectivity index (χ2v) is 9.98. The summed E-state index contributed by atoms with van der Waals surface area (Å²) in [6.07, 6.45) is -1.26. The molecule has 3 N–H and O–H groups in total. The number of imide groups is 1. The minimum absolute atomic E-state index is 0.0600. The van der Waals surface area contributed by atoms with Crippen molar-refractivity contribution in [1.29, 1.82) is 0 Å². The predicted molar refractivity (Wildman–Crippen MR) is 137 cm³/mol. The molecule has 0 atom stereocenters. The highest BCUT2D eigenvalue weighted by Gasteiger charge is 2.40. The molecule has 0 aromatic heterocycles. The van der Waals surface area contributed by atoms with Crippen molar-refractivity contribution in [2.24, 2.45) is 0 Å². The zero-order chi connectivity index (χ0) is 27.5. The number of carbonyl (C=O) groups excluding carboxylic acids is 2. The Kier molecular flexibility index (Phi) is 8.08. The number of alkyl halides is 3. The number of nitrogens with two attached hydrogens (primary N) is 1. The van der Waals surface area contributed by atoms with Gasteiger partial charge in [-0.2, -0.15) is 13.2 Å². The molecule has 2 aromatic rings. The Labute approximate surface area is 219 Å². The molecule has 2 aromatic carbocycles. The van der Waals surface area contributed by atoms with E-state index in [4.69, 9.17) is 5.73 Å². The second kappa shape index (κ2) is 11.1. The minimum Gasteiger partial charge on any atom is -0.477 e. The molecule has 0 saturated carbocycles. The Morgan fingerprint density at radius 3 is 2.05 bits per heavy atom. The summed E-state index contributed by atoms with van der Waals surface area (Å²) in [5.74, 6) is -1.56. The summed E-state index contributed by atoms with van der Waals surface area (Å²) in [6, 6.07) is 10.5. The Hall–Kier alpha value is -3.44. The van der Waals surface area contributed by atoms with Crippen LogP contribution in [-0.2, 0) is 11.0 Å². The van der Waals surface area contributed by atoms with Gasteiger partial charge >= 0.3 is 12.1 Å². The van der Waals surface area contributed by atoms with Gasteiger partial charge in [0.1, 0.15) is 5.69 Å². The van der Waals surface area contributed by atoms with Gasteiger partial charge in [0.2, 0.25) is 0 Å². The minimum atomic E-state index is -4.62. The summed E-state index contributed by atoms with van der Waals surface area (Å²) in [5, 5.41) is 9.51. The number of aliphatic carboxylic acids is 1. The monoisotopic (exact) mass is 533 g/mol. The van der Waals surface area contributed by atoms with Crippen molar-refractivity contribution in [3.63, 3.8) is 0 Å². The number of piperazine rings is 1. The number of amides is 2. The molecule has 4 rings (SSSR count). The first-order valence-corrected chi connectivity index (χ1v) is 12.7. The zero-order valence-electron chi connectivity index (χ0n) is 21.0. The molecule has 0 bridgehead atoms. The van der Waals surface area contributed by atoms with Crippen molar-refractivity contribution >= 4 is 29.2 Å². The number of nitrogens with zero attached hydrogens (tertiary/aromatic N) is 3. The number of carbonyl (C=O) groups is 3. The average molecular weight is 534 g/mol. The zero-order valence-corrected chi connectivity index (χ0v) is 21.0. The van der Waals surface area contributed by atoms with E-state index < -0.39 is 17.7 Å². The maximum absolute atomic E-state index is 13.4. The molecule has 2 heterocycles. The average Bonchev–Trinajstić information content (AvgIpc) is 3.11. The number of benzene rings is 2. The van der Waals surface area contributed by atoms with Gasteiger partial charge in [-0.15, -0.1) is 0 Å². The molecule has 0 unspecified atom stereocenters. The molecule has 0 spiro atoms. The van der Waals surface area contributed by atoms with Gasteiger partial charge in [0, 0.05) is 37.5 Å². The lowest BCUT2D eigenvalue weighted by Gasteiger charge is -2.43. The van der Waals surface area contributed by atoms with Gasteiger partial charge in [-0.05, 0) is 37.6 Å². The summed E-state index contributed by atoms with van der Waals surface area (Å²) >= 11 is 0. The van der Waals surface area contributed by atoms with Crippen molar-refractivity contribution in [2.75, 3.05) is 51.5 Å². The second-order valence-electron chi connectivity index (χ2n) is 9.98. The Balaban J connectivity index is 1.25. The number of anilines is 1. The molecule has 0 radical (unpaired) electrons. The van der Waals surface area contributed by atoms with Crippen molar-refractivity contribution in [1.82, 2.24) is 14.3 Å². The van der Waals surface area contributed by atoms with Crippen LogP contribution >= 0.6 is 0 Å². The number of carboxylic acids is 1. The van der Waals surface area contributed by atoms with Crippen LogP contribution in [0.4, 0.5) is 24.5 Å². The fourth-order valence-corrected chi connectivity index (χ4v) is 5.37. The van der Waals surface area contributed by atoms with E-state index in [2.05, 4.69) is 4.90 Å². The standard InChI is InChI=1S/C27H31F3N4O4/c28-27(29,30)22-17-19(9-10-23(22)31)34(18-24(35)36)15-13-32(14-16-34)11-5-1-2-6-12-33-25(37)20-7-3-4-8-21(20)26(33)38/h3-4,7-10,17H,1-2,5-6,11-16,18,31H2/p+1. The van der Waals surface area contributed by atoms with E-state index in [-0.39, 0.29) is 28.5 Å². The van der Waals surface area contributed by atoms with E-state index in [9.17, 15) is 32.7 Å². The van der Waals surface area contributed by atoms with Crippen LogP contribution in [0.2, 0.25) is 0 Å². The van der Waals surface area contributed by atoms with Gasteiger partial charge in [-0.1, -0.05) is 25.0 Å². The molecular formula is C27H32F3N4O4+. The quantitative estimate of drug-likeness (QED) is 0.208. The highest BCUT2D eigenvalue weighted by atomic mass is 19.4. The van der Waals surface area contributed by atoms with Crippen LogP contribution in [0.5, 0.6) is 0 Å². The maximum atomic E-state index is 13.4. The van der Waals surface area contributed by atoms with Crippen LogP contribution < -0.4 is 10.2 Å². The number of fused-ring (bicyclic) bond motifs is 1. The lowest BCUT2D eigenvalue weighted by Crippen LogP contribution is -2.62. The smallest absolute Gasteiger partial charge is 0.418 e. The van der Waals surface area contributed by atoms with Crippen molar-refractivity contribution in [3.8, 4) is 0 Å². The van der Waals surface area contributed by atoms with Crippen molar-refractivity contribution < 1.29 is 32.7 Å². The van der Waals surface area contributed by atoms with Gasteiger partial charge in [-0.25, -0.2) is 4.79 Å². The number of nitrogen functional groups attached to an aromatic ring is 1. The topological polar surface area (TPSA) is 104 Å². The summed E-state index contributed by atoms with van der Waals surface area (Å²) in [6.45, 7) is 2.76. The van der Waals surface area contributed by atoms with E-state index in [1.165, 1.54) is 17.0 Å². The van der Waals surface area contributed by atoms with Gasteiger partial charge in [0.05, 0.1) is 29.8 Å². The van der Waals surface area contributed by atoms with Crippen LogP contribution in [0, 0.1) is 0 Å². The summed E-state index contributed by atoms with van der Waals surface area (Å²) in [4.78, 5) is 40.0. The van der Waals surface area contributed by atoms with Crippen LogP contribution in [0.1, 0.15) is 52.0 Å². The first-order chi connectivity index (χ1) is 18.0. The van der Waals surface area contributed by atoms with E-state index in [1.54, 1.807) is 24.3 Å². The first-order valence-electron chi connectivity index (χ1n) is 12.7. The largest absolute Gasteiger partial charge is 0.477 e. The van der Waals surface area contributed by atoms with Gasteiger partial charge in [0.25, 0.3) is 11.8 Å². The molecule has 2 amide bonds. The normalized spacial score (nSPS) is 17.6. The lowest BCUT2D eigenvalue weighted by atomic mass is 10.1. The number of hydrogen-bond donors (Lipinski definition) is 2. The van der Waals surface area contributed by atoms with Gasteiger partial charge in [-0.3, -0.25) is 23.9 Å². The Bertz CT molecular complexity index is 1170. The summed E-state index contributed by atoms with van der Waals surface area (Å²) < 4.78 is 40.2. The van der Waals surface area contributed by atoms with E-state index >= 15 is 0 Å². The molecular weight excluding hydrogens is 501 g/mol. The molecule has 38 heavy (non-hydrogen) atoms. The molecule has 1 saturated heterocycles. The summed E-state index contributed by atoms with van der Waals surface area (Å²) in [7, 11) is 0. The van der Waals surface area contributed by atoms with Crippen LogP contribution in [0.25, 0.3) is 0 Å². The van der Waals surface area contributed by atoms with E-state index in [0.29, 0.717) is 56.0 Å². The molecule has 1 fully saturated rings. The Morgan fingerprint density at radius 1 is 0.921 bits per heavy atom. The summed E-state index contributed by atoms with van der Waals surface area (Å²) in [5.41, 5.74) is 5.43. The maximum Gasteiger partial charge on any atom is 0.418 e. The van der Waals surface area contributed by atoms with Crippen LogP contribution in [-0.4, -0.2) is 78.5 Å². The number of hydrogen-bond acceptors (Lipinski definition) is 5. The third-order valence-corrected chi connectivity index (χ3v) is 7.50. The Morgan fingerprint density at radius 2 is 1.50 bits per heavy atom. The number of rotatable bonds is 10. The molecule has 2 aliphatic rings. The first kappa shape index (κ1) is 27.6. The number of unbranched alkanes of at least 4 members (excludes halogenated alkanes) is 3. The molecule has 8 nitrogen and oxygen atoms in total. The molecule has 11 heteroatoms. The number of halogens is 3. The molecule has 0 aliphatic carbocycles. The third-order valence-electron chi connectivity index (χ3n) is 7.50. The highest BCUT2D eigenvalue weighted by Crippen LogP contribution is 2.38. The van der Waals surface area contributed by atoms with Crippen molar-refractivity contribution in [2.45, 2.75) is 31.9 Å². The third kappa shape index (κ3) is 5.83. The van der Waals surface area contributed by atoms with Crippen LogP contribution in [0.15, 0.2) is 42.5 Å². The van der Waals surface area contributed by atoms with Gasteiger partial charge < -0.3 is 10.8 Å². The number of quaternary nitrogens is 1. The fourth-order valence-electron chi connectivity index (χ4n) is 5.37. The van der Waals surface area contributed by atoms with E-state index in [0.717, 1.165) is 31.9 Å². The number of carboxylic acid groups (broad SMARTS) is 1. The lowest BCUT2D eigenvalue weighted by molar-refractivity contribution is -0.138.